The molecule has 1 heterocycles. The Labute approximate surface area is 376 Å². The molecule has 2 aliphatic rings. The second-order valence-corrected chi connectivity index (χ2v) is 17.6. The number of nitrogens with zero attached hydrogens (tertiary/aromatic N) is 1. The first-order valence-electron chi connectivity index (χ1n) is 22.5. The van der Waals surface area contributed by atoms with E-state index in [0.29, 0.717) is 0 Å². The summed E-state index contributed by atoms with van der Waals surface area (Å²) >= 11 is 0. The van der Waals surface area contributed by atoms with Gasteiger partial charge in [0, 0.05) is 22.0 Å². The number of para-hydroxylation sites is 2. The van der Waals surface area contributed by atoms with Gasteiger partial charge in [0.1, 0.15) is 5.58 Å². The Kier molecular flexibility index (Phi) is 7.64. The second kappa shape index (κ2) is 13.8. The smallest absolute Gasteiger partial charge is 0.159 e. The summed E-state index contributed by atoms with van der Waals surface area (Å²) < 4.78 is 6.83. The van der Waals surface area contributed by atoms with Crippen LogP contribution in [-0.4, -0.2) is 0 Å². The monoisotopic (exact) mass is 825 g/mol. The summed E-state index contributed by atoms with van der Waals surface area (Å²) in [5, 5.41) is 7.17. The summed E-state index contributed by atoms with van der Waals surface area (Å²) in [6.07, 6.45) is 0. The van der Waals surface area contributed by atoms with Gasteiger partial charge < -0.3 is 9.32 Å². The van der Waals surface area contributed by atoms with Crippen LogP contribution in [0.1, 0.15) is 22.3 Å². The molecule has 12 aromatic rings. The van der Waals surface area contributed by atoms with Gasteiger partial charge in [0.25, 0.3) is 0 Å². The van der Waals surface area contributed by atoms with Crippen molar-refractivity contribution in [1.29, 1.82) is 0 Å². The van der Waals surface area contributed by atoms with Gasteiger partial charge in [-0.05, 0) is 131 Å². The third-order valence-electron chi connectivity index (χ3n) is 14.2. The fourth-order valence-electron chi connectivity index (χ4n) is 11.4. The van der Waals surface area contributed by atoms with Gasteiger partial charge in [0.2, 0.25) is 0 Å². The topological polar surface area (TPSA) is 16.4 Å². The molecule has 11 aromatic carbocycles. The first-order valence-corrected chi connectivity index (χ1v) is 22.5. The molecular weight excluding hydrogens is 787 g/mol. The SMILES string of the molecule is c1ccc2c(c1)-c1ccccc1C21c2ccccc2-c2c(N(c3ccc(-c4ccc5cc(-c6ccc7ccccc7c6)ccc5c4)cc3)c3cccc4c3oc3ccccc34)cccc21. The molecule has 0 unspecified atom stereocenters. The van der Waals surface area contributed by atoms with E-state index in [0.717, 1.165) is 44.6 Å². The zero-order valence-corrected chi connectivity index (χ0v) is 35.4. The van der Waals surface area contributed by atoms with Crippen molar-refractivity contribution in [3.8, 4) is 44.5 Å². The highest BCUT2D eigenvalue weighted by atomic mass is 16.3. The van der Waals surface area contributed by atoms with Crippen molar-refractivity contribution in [3.63, 3.8) is 0 Å². The van der Waals surface area contributed by atoms with Crippen molar-refractivity contribution >= 4 is 60.5 Å². The minimum atomic E-state index is -0.456. The van der Waals surface area contributed by atoms with Crippen LogP contribution in [0.3, 0.4) is 0 Å². The number of anilines is 3. The second-order valence-electron chi connectivity index (χ2n) is 17.6. The third kappa shape index (κ3) is 5.17. The van der Waals surface area contributed by atoms with Gasteiger partial charge in [0.15, 0.2) is 5.58 Å². The number of furan rings is 1. The number of hydrogen-bond acceptors (Lipinski definition) is 2. The lowest BCUT2D eigenvalue weighted by Gasteiger charge is -2.31. The molecule has 0 fully saturated rings. The van der Waals surface area contributed by atoms with E-state index < -0.39 is 5.41 Å². The van der Waals surface area contributed by atoms with Crippen molar-refractivity contribution in [2.24, 2.45) is 0 Å². The minimum absolute atomic E-state index is 0.456. The van der Waals surface area contributed by atoms with E-state index in [2.05, 4.69) is 241 Å². The van der Waals surface area contributed by atoms with E-state index in [-0.39, 0.29) is 0 Å². The van der Waals surface area contributed by atoms with Gasteiger partial charge in [-0.15, -0.1) is 0 Å². The Balaban J connectivity index is 0.936. The third-order valence-corrected chi connectivity index (χ3v) is 14.2. The first kappa shape index (κ1) is 36.1. The van der Waals surface area contributed by atoms with Crippen molar-refractivity contribution in [2.75, 3.05) is 4.90 Å². The average Bonchev–Trinajstić information content (AvgIpc) is 4.01. The highest BCUT2D eigenvalue weighted by molar-refractivity contribution is 6.11. The molecule has 0 N–H and O–H groups in total. The molecule has 2 nitrogen and oxygen atoms in total. The van der Waals surface area contributed by atoms with Crippen LogP contribution in [0, 0.1) is 0 Å². The molecule has 1 spiro atoms. The van der Waals surface area contributed by atoms with E-state index in [1.807, 2.05) is 0 Å². The van der Waals surface area contributed by atoms with Gasteiger partial charge in [-0.2, -0.15) is 0 Å². The van der Waals surface area contributed by atoms with Crippen molar-refractivity contribution in [1.82, 2.24) is 0 Å². The minimum Gasteiger partial charge on any atom is -0.454 e. The normalized spacial score (nSPS) is 13.0. The Morgan fingerprint density at radius 2 is 0.800 bits per heavy atom. The zero-order chi connectivity index (χ0) is 42.6. The van der Waals surface area contributed by atoms with Gasteiger partial charge >= 0.3 is 0 Å². The highest BCUT2D eigenvalue weighted by Gasteiger charge is 2.52. The largest absolute Gasteiger partial charge is 0.454 e. The molecule has 0 radical (unpaired) electrons. The van der Waals surface area contributed by atoms with Gasteiger partial charge in [-0.3, -0.25) is 0 Å². The first-order chi connectivity index (χ1) is 32.2. The summed E-state index contributed by atoms with van der Waals surface area (Å²) in [7, 11) is 0. The van der Waals surface area contributed by atoms with Gasteiger partial charge in [0.05, 0.1) is 16.8 Å². The molecule has 2 heteroatoms. The van der Waals surface area contributed by atoms with Crippen LogP contribution in [0.25, 0.3) is 88.0 Å². The lowest BCUT2D eigenvalue weighted by molar-refractivity contribution is 0.669. The molecule has 1 aromatic heterocycles. The summed E-state index contributed by atoms with van der Waals surface area (Å²) in [6.45, 7) is 0. The number of rotatable bonds is 5. The molecular formula is C63H39NO. The summed E-state index contributed by atoms with van der Waals surface area (Å²) in [5.74, 6) is 0. The van der Waals surface area contributed by atoms with Crippen LogP contribution < -0.4 is 4.90 Å². The molecule has 302 valence electrons. The molecule has 0 amide bonds. The standard InChI is InChI=1S/C63H39NO/c1-2-14-42-37-44(28-27-40(42)13-1)47-32-31-45-38-43(29-30-46(45)39-47)41-33-35-48(36-34-41)64(59-25-11-19-52-51-17-6-10-26-60(51)65-62(52)59)58-24-12-23-57-61(58)53-18-5-9-22-56(53)63(57)54-20-7-3-15-49(54)50-16-4-8-21-55(50)63/h1-39H. The molecule has 0 saturated carbocycles. The molecule has 0 atom stereocenters. The van der Waals surface area contributed by atoms with Crippen LogP contribution in [0.2, 0.25) is 0 Å². The van der Waals surface area contributed by atoms with E-state index in [1.54, 1.807) is 0 Å². The molecule has 0 bridgehead atoms. The molecule has 0 saturated heterocycles. The number of fused-ring (bicyclic) bond motifs is 15. The molecule has 0 aliphatic heterocycles. The van der Waals surface area contributed by atoms with Crippen LogP contribution in [-0.2, 0) is 5.41 Å². The van der Waals surface area contributed by atoms with Crippen LogP contribution in [0.5, 0.6) is 0 Å². The predicted octanol–water partition coefficient (Wildman–Crippen LogP) is 17.0. The van der Waals surface area contributed by atoms with E-state index in [9.17, 15) is 0 Å². The van der Waals surface area contributed by atoms with Crippen LogP contribution in [0.4, 0.5) is 17.1 Å². The average molecular weight is 826 g/mol. The van der Waals surface area contributed by atoms with Crippen molar-refractivity contribution in [2.45, 2.75) is 5.41 Å². The lowest BCUT2D eigenvalue weighted by Crippen LogP contribution is -2.26. The quantitative estimate of drug-likeness (QED) is 0.172. The number of hydrogen-bond donors (Lipinski definition) is 0. The zero-order valence-electron chi connectivity index (χ0n) is 35.4. The molecule has 2 aliphatic carbocycles. The van der Waals surface area contributed by atoms with Crippen LogP contribution in [0.15, 0.2) is 241 Å². The van der Waals surface area contributed by atoms with Gasteiger partial charge in [-0.25, -0.2) is 0 Å². The Hall–Kier alpha value is -8.46. The summed E-state index contributed by atoms with van der Waals surface area (Å²) in [4.78, 5) is 2.44. The summed E-state index contributed by atoms with van der Waals surface area (Å²) in [6, 6.07) is 87.0. The highest BCUT2D eigenvalue weighted by Crippen LogP contribution is 2.64. The molecule has 65 heavy (non-hydrogen) atoms. The van der Waals surface area contributed by atoms with E-state index >= 15 is 0 Å². The summed E-state index contributed by atoms with van der Waals surface area (Å²) in [5.41, 5.74) is 19.6. The maximum atomic E-state index is 6.83. The van der Waals surface area contributed by atoms with Crippen molar-refractivity contribution in [3.05, 3.63) is 259 Å². The lowest BCUT2D eigenvalue weighted by atomic mass is 9.70. The Morgan fingerprint density at radius 1 is 0.323 bits per heavy atom. The van der Waals surface area contributed by atoms with E-state index in [4.69, 9.17) is 4.42 Å². The van der Waals surface area contributed by atoms with Crippen LogP contribution >= 0.6 is 0 Å². The maximum absolute atomic E-state index is 6.83. The molecule has 14 rings (SSSR count). The van der Waals surface area contributed by atoms with E-state index in [1.165, 1.54) is 82.7 Å². The Bertz CT molecular complexity index is 3860. The fourth-order valence-corrected chi connectivity index (χ4v) is 11.4. The predicted molar refractivity (Wildman–Crippen MR) is 271 cm³/mol. The Morgan fingerprint density at radius 3 is 1.51 bits per heavy atom. The van der Waals surface area contributed by atoms with Crippen molar-refractivity contribution < 1.29 is 4.42 Å². The van der Waals surface area contributed by atoms with Gasteiger partial charge in [-0.1, -0.05) is 188 Å². The fraction of sp³-hybridized carbons (Fsp3) is 0.0159. The maximum Gasteiger partial charge on any atom is 0.159 e. The number of benzene rings is 11.